The number of oxazole rings is 1. The second kappa shape index (κ2) is 4.41. The van der Waals surface area contributed by atoms with Gasteiger partial charge in [0.1, 0.15) is 5.69 Å². The molecule has 0 spiro atoms. The van der Waals surface area contributed by atoms with Crippen molar-refractivity contribution in [1.29, 1.82) is 0 Å². The van der Waals surface area contributed by atoms with Crippen LogP contribution >= 0.6 is 11.6 Å². The molecule has 90 valence electrons. The van der Waals surface area contributed by atoms with Gasteiger partial charge in [0.15, 0.2) is 12.2 Å². The molecule has 1 aromatic heterocycles. The molecule has 2 rings (SSSR count). The molecular weight excluding hydrogens is 255 g/mol. The molecule has 17 heavy (non-hydrogen) atoms. The van der Waals surface area contributed by atoms with E-state index in [1.54, 1.807) is 0 Å². The van der Waals surface area contributed by atoms with Gasteiger partial charge in [0.2, 0.25) is 0 Å². The fraction of sp³-hybridized carbons (Fsp3) is 0.182. The molecule has 2 aromatic rings. The molecule has 2 nitrogen and oxygen atoms in total. The highest BCUT2D eigenvalue weighted by Gasteiger charge is 2.34. The summed E-state index contributed by atoms with van der Waals surface area (Å²) in [7, 11) is 0. The van der Waals surface area contributed by atoms with Gasteiger partial charge >= 0.3 is 6.18 Å². The van der Waals surface area contributed by atoms with Gasteiger partial charge in [-0.15, -0.1) is 11.6 Å². The first kappa shape index (κ1) is 12.0. The van der Waals surface area contributed by atoms with Crippen LogP contribution in [0.15, 0.2) is 35.1 Å². The van der Waals surface area contributed by atoms with Crippen molar-refractivity contribution in [3.05, 3.63) is 41.9 Å². The van der Waals surface area contributed by atoms with E-state index in [-0.39, 0.29) is 17.2 Å². The van der Waals surface area contributed by atoms with Crippen LogP contribution in [0.5, 0.6) is 0 Å². The second-order valence-corrected chi connectivity index (χ2v) is 3.57. The molecular formula is C11H7ClF3NO. The first-order chi connectivity index (χ1) is 8.04. The summed E-state index contributed by atoms with van der Waals surface area (Å²) >= 11 is 5.59. The van der Waals surface area contributed by atoms with E-state index in [9.17, 15) is 13.2 Å². The van der Waals surface area contributed by atoms with Crippen molar-refractivity contribution >= 4 is 11.6 Å². The number of hydrogen-bond acceptors (Lipinski definition) is 2. The lowest BCUT2D eigenvalue weighted by Crippen LogP contribution is -2.07. The first-order valence-corrected chi connectivity index (χ1v) is 5.22. The van der Waals surface area contributed by atoms with E-state index in [1.807, 2.05) is 0 Å². The fourth-order valence-corrected chi connectivity index (χ4v) is 1.70. The summed E-state index contributed by atoms with van der Waals surface area (Å²) in [5, 5.41) is 0. The molecule has 0 fully saturated rings. The summed E-state index contributed by atoms with van der Waals surface area (Å²) < 4.78 is 43.3. The normalized spacial score (nSPS) is 11.8. The molecule has 0 bridgehead atoms. The van der Waals surface area contributed by atoms with Crippen LogP contribution in [0.25, 0.3) is 11.3 Å². The summed E-state index contributed by atoms with van der Waals surface area (Å²) in [6.45, 7) is 0. The summed E-state index contributed by atoms with van der Waals surface area (Å²) in [5.74, 6) is 0.0609. The fourth-order valence-electron chi connectivity index (χ4n) is 1.51. The van der Waals surface area contributed by atoms with Crippen LogP contribution in [0.3, 0.4) is 0 Å². The van der Waals surface area contributed by atoms with Crippen molar-refractivity contribution in [1.82, 2.24) is 4.98 Å². The molecule has 0 saturated carbocycles. The predicted octanol–water partition coefficient (Wildman–Crippen LogP) is 4.10. The molecule has 0 unspecified atom stereocenters. The van der Waals surface area contributed by atoms with Gasteiger partial charge in [0.25, 0.3) is 0 Å². The zero-order valence-electron chi connectivity index (χ0n) is 8.46. The maximum Gasteiger partial charge on any atom is 0.417 e. The molecule has 0 aliphatic carbocycles. The van der Waals surface area contributed by atoms with Crippen LogP contribution < -0.4 is 0 Å². The Kier molecular flexibility index (Phi) is 3.11. The van der Waals surface area contributed by atoms with Crippen molar-refractivity contribution in [3.63, 3.8) is 0 Å². The van der Waals surface area contributed by atoms with Crippen LogP contribution in [-0.4, -0.2) is 4.98 Å². The zero-order valence-corrected chi connectivity index (χ0v) is 9.22. The molecule has 0 aliphatic rings. The maximum absolute atomic E-state index is 12.8. The molecule has 1 aromatic carbocycles. The van der Waals surface area contributed by atoms with E-state index in [0.717, 1.165) is 12.5 Å². The number of hydrogen-bond donors (Lipinski definition) is 0. The van der Waals surface area contributed by atoms with Crippen molar-refractivity contribution < 1.29 is 17.6 Å². The minimum absolute atomic E-state index is 0.00196. The number of nitrogens with zero attached hydrogens (tertiary/aromatic N) is 1. The number of aromatic nitrogens is 1. The third-order valence-corrected chi connectivity index (χ3v) is 2.50. The van der Waals surface area contributed by atoms with Gasteiger partial charge in [-0.3, -0.25) is 0 Å². The SMILES string of the molecule is FC(F)(F)c1ccccc1-c1ocnc1CCl. The highest BCUT2D eigenvalue weighted by atomic mass is 35.5. The third kappa shape index (κ3) is 2.29. The van der Waals surface area contributed by atoms with E-state index < -0.39 is 11.7 Å². The summed E-state index contributed by atoms with van der Waals surface area (Å²) in [4.78, 5) is 3.77. The summed E-state index contributed by atoms with van der Waals surface area (Å²) in [6.07, 6.45) is -3.35. The van der Waals surface area contributed by atoms with Crippen LogP contribution in [0.4, 0.5) is 13.2 Å². The van der Waals surface area contributed by atoms with E-state index >= 15 is 0 Å². The number of rotatable bonds is 2. The Morgan fingerprint density at radius 3 is 2.59 bits per heavy atom. The number of alkyl halides is 4. The van der Waals surface area contributed by atoms with E-state index in [4.69, 9.17) is 16.0 Å². The Morgan fingerprint density at radius 2 is 1.94 bits per heavy atom. The summed E-state index contributed by atoms with van der Waals surface area (Å²) in [5.41, 5.74) is -0.514. The van der Waals surface area contributed by atoms with Crippen molar-refractivity contribution in [3.8, 4) is 11.3 Å². The topological polar surface area (TPSA) is 26.0 Å². The average molecular weight is 262 g/mol. The molecule has 0 amide bonds. The second-order valence-electron chi connectivity index (χ2n) is 3.31. The molecule has 0 aliphatic heterocycles. The Hall–Kier alpha value is -1.49. The Morgan fingerprint density at radius 1 is 1.24 bits per heavy atom. The van der Waals surface area contributed by atoms with Crippen molar-refractivity contribution in [2.45, 2.75) is 12.1 Å². The van der Waals surface area contributed by atoms with Gasteiger partial charge in [0.05, 0.1) is 11.4 Å². The lowest BCUT2D eigenvalue weighted by molar-refractivity contribution is -0.137. The van der Waals surface area contributed by atoms with Gasteiger partial charge in [-0.1, -0.05) is 18.2 Å². The van der Waals surface area contributed by atoms with E-state index in [2.05, 4.69) is 4.98 Å². The Bertz CT molecular complexity index is 521. The average Bonchev–Trinajstić information content (AvgIpc) is 2.75. The van der Waals surface area contributed by atoms with Crippen LogP contribution in [0.1, 0.15) is 11.3 Å². The smallest absolute Gasteiger partial charge is 0.417 e. The third-order valence-electron chi connectivity index (χ3n) is 2.24. The Labute approximate surface area is 100 Å². The van der Waals surface area contributed by atoms with E-state index in [1.165, 1.54) is 18.2 Å². The van der Waals surface area contributed by atoms with Crippen molar-refractivity contribution in [2.75, 3.05) is 0 Å². The molecule has 6 heteroatoms. The molecule has 1 heterocycles. The minimum Gasteiger partial charge on any atom is -0.443 e. The molecule has 0 N–H and O–H groups in total. The van der Waals surface area contributed by atoms with Crippen LogP contribution in [0.2, 0.25) is 0 Å². The highest BCUT2D eigenvalue weighted by molar-refractivity contribution is 6.17. The first-order valence-electron chi connectivity index (χ1n) is 4.69. The van der Waals surface area contributed by atoms with Gasteiger partial charge in [-0.25, -0.2) is 4.98 Å². The lowest BCUT2D eigenvalue weighted by Gasteiger charge is -2.11. The quantitative estimate of drug-likeness (QED) is 0.761. The molecule has 0 saturated heterocycles. The predicted molar refractivity (Wildman–Crippen MR) is 56.5 cm³/mol. The largest absolute Gasteiger partial charge is 0.443 e. The zero-order chi connectivity index (χ0) is 12.5. The maximum atomic E-state index is 12.8. The van der Waals surface area contributed by atoms with Gasteiger partial charge in [0, 0.05) is 5.56 Å². The number of benzene rings is 1. The van der Waals surface area contributed by atoms with Gasteiger partial charge in [-0.05, 0) is 6.07 Å². The lowest BCUT2D eigenvalue weighted by atomic mass is 10.0. The van der Waals surface area contributed by atoms with Crippen molar-refractivity contribution in [2.24, 2.45) is 0 Å². The molecule has 0 radical (unpaired) electrons. The van der Waals surface area contributed by atoms with Gasteiger partial charge < -0.3 is 4.42 Å². The molecule has 0 atom stereocenters. The standard InChI is InChI=1S/C11H7ClF3NO/c12-5-9-10(17-6-16-9)7-3-1-2-4-8(7)11(13,14)15/h1-4,6H,5H2. The van der Waals surface area contributed by atoms with Crippen LogP contribution in [0, 0.1) is 0 Å². The Balaban J connectivity index is 2.60. The number of halogens is 4. The van der Waals surface area contributed by atoms with Crippen LogP contribution in [-0.2, 0) is 12.1 Å². The van der Waals surface area contributed by atoms with E-state index in [0.29, 0.717) is 5.69 Å². The highest BCUT2D eigenvalue weighted by Crippen LogP contribution is 2.38. The summed E-state index contributed by atoms with van der Waals surface area (Å²) in [6, 6.07) is 5.16. The van der Waals surface area contributed by atoms with Gasteiger partial charge in [-0.2, -0.15) is 13.2 Å². The minimum atomic E-state index is -4.44. The monoisotopic (exact) mass is 261 g/mol.